The predicted molar refractivity (Wildman–Crippen MR) is 81.4 cm³/mol. The lowest BCUT2D eigenvalue weighted by molar-refractivity contribution is -0.130. The summed E-state index contributed by atoms with van der Waals surface area (Å²) in [6, 6.07) is 2.00. The Balaban J connectivity index is 2.09. The average Bonchev–Trinajstić information content (AvgIpc) is 2.47. The van der Waals surface area contributed by atoms with E-state index in [-0.39, 0.29) is 5.91 Å². The zero-order valence-corrected chi connectivity index (χ0v) is 13.1. The second-order valence-electron chi connectivity index (χ2n) is 5.45. The molecule has 1 aliphatic rings. The van der Waals surface area contributed by atoms with Crippen LogP contribution in [-0.4, -0.2) is 54.1 Å². The van der Waals surface area contributed by atoms with Gasteiger partial charge in [-0.25, -0.2) is 9.97 Å². The molecule has 116 valence electrons. The van der Waals surface area contributed by atoms with Crippen molar-refractivity contribution in [3.05, 3.63) is 17.6 Å². The molecular formula is C15H24N4O2. The highest BCUT2D eigenvalue weighted by molar-refractivity contribution is 5.73. The van der Waals surface area contributed by atoms with Gasteiger partial charge in [-0.1, -0.05) is 0 Å². The monoisotopic (exact) mass is 292 g/mol. The van der Waals surface area contributed by atoms with Gasteiger partial charge in [0.2, 0.25) is 5.91 Å². The maximum atomic E-state index is 11.6. The lowest BCUT2D eigenvalue weighted by Crippen LogP contribution is -2.37. The molecule has 2 heterocycles. The molecule has 0 unspecified atom stereocenters. The third-order valence-electron chi connectivity index (χ3n) is 3.76. The van der Waals surface area contributed by atoms with E-state index in [0.717, 1.165) is 49.8 Å². The maximum absolute atomic E-state index is 11.6. The van der Waals surface area contributed by atoms with Crippen molar-refractivity contribution in [1.82, 2.24) is 14.9 Å². The fourth-order valence-corrected chi connectivity index (χ4v) is 2.68. The fraction of sp³-hybridized carbons (Fsp3) is 0.667. The third kappa shape index (κ3) is 4.39. The quantitative estimate of drug-likeness (QED) is 0.834. The van der Waals surface area contributed by atoms with E-state index >= 15 is 0 Å². The Hall–Kier alpha value is -1.69. The standard InChI is InChI=1S/C15H24N4O2/c1-11-17-14(9-15(18-11)16-6-8-21-3)13-5-4-7-19(10-13)12(2)20/h9,13H,4-8,10H2,1-3H3,(H,16,17,18)/t13-/m0/s1. The first-order valence-corrected chi connectivity index (χ1v) is 7.44. The number of hydrogen-bond donors (Lipinski definition) is 1. The number of rotatable bonds is 5. The van der Waals surface area contributed by atoms with Crippen LogP contribution in [0.1, 0.15) is 37.2 Å². The van der Waals surface area contributed by atoms with Crippen molar-refractivity contribution >= 4 is 11.7 Å². The van der Waals surface area contributed by atoms with Gasteiger partial charge < -0.3 is 15.0 Å². The Labute approximate surface area is 125 Å². The highest BCUT2D eigenvalue weighted by Gasteiger charge is 2.24. The number of hydrogen-bond acceptors (Lipinski definition) is 5. The SMILES string of the molecule is COCCNc1cc([C@H]2CCCN(C(C)=O)C2)nc(C)n1. The fourth-order valence-electron chi connectivity index (χ4n) is 2.68. The summed E-state index contributed by atoms with van der Waals surface area (Å²) in [5.74, 6) is 2.03. The Morgan fingerprint density at radius 1 is 1.52 bits per heavy atom. The lowest BCUT2D eigenvalue weighted by atomic mass is 9.94. The zero-order valence-electron chi connectivity index (χ0n) is 13.1. The van der Waals surface area contributed by atoms with Crippen molar-refractivity contribution in [3.8, 4) is 0 Å². The number of nitrogens with zero attached hydrogens (tertiary/aromatic N) is 3. The molecule has 21 heavy (non-hydrogen) atoms. The number of carbonyl (C=O) groups excluding carboxylic acids is 1. The summed E-state index contributed by atoms with van der Waals surface area (Å²) in [5, 5.41) is 3.24. The number of nitrogens with one attached hydrogen (secondary N) is 1. The van der Waals surface area contributed by atoms with Crippen LogP contribution in [0.25, 0.3) is 0 Å². The second-order valence-corrected chi connectivity index (χ2v) is 5.45. The third-order valence-corrected chi connectivity index (χ3v) is 3.76. The minimum Gasteiger partial charge on any atom is -0.383 e. The van der Waals surface area contributed by atoms with Crippen LogP contribution < -0.4 is 5.32 Å². The number of ether oxygens (including phenoxy) is 1. The van der Waals surface area contributed by atoms with Gasteiger partial charge >= 0.3 is 0 Å². The summed E-state index contributed by atoms with van der Waals surface area (Å²) in [5.41, 5.74) is 1.02. The van der Waals surface area contributed by atoms with E-state index in [9.17, 15) is 4.79 Å². The Morgan fingerprint density at radius 2 is 2.33 bits per heavy atom. The van der Waals surface area contributed by atoms with Crippen molar-refractivity contribution < 1.29 is 9.53 Å². The molecule has 1 aromatic heterocycles. The first-order valence-electron chi connectivity index (χ1n) is 7.44. The summed E-state index contributed by atoms with van der Waals surface area (Å²) in [6.45, 7) is 6.50. The highest BCUT2D eigenvalue weighted by atomic mass is 16.5. The Morgan fingerprint density at radius 3 is 3.05 bits per heavy atom. The molecule has 0 aliphatic carbocycles. The molecule has 1 aliphatic heterocycles. The van der Waals surface area contributed by atoms with Gasteiger partial charge in [-0.05, 0) is 19.8 Å². The summed E-state index contributed by atoms with van der Waals surface area (Å²) >= 11 is 0. The van der Waals surface area contributed by atoms with Gasteiger partial charge in [0.1, 0.15) is 11.6 Å². The van der Waals surface area contributed by atoms with Gasteiger partial charge in [0.25, 0.3) is 0 Å². The van der Waals surface area contributed by atoms with Gasteiger partial charge in [0.05, 0.1) is 12.3 Å². The minimum atomic E-state index is 0.143. The smallest absolute Gasteiger partial charge is 0.219 e. The van der Waals surface area contributed by atoms with E-state index in [2.05, 4.69) is 15.3 Å². The largest absolute Gasteiger partial charge is 0.383 e. The first kappa shape index (κ1) is 15.7. The summed E-state index contributed by atoms with van der Waals surface area (Å²) in [4.78, 5) is 22.4. The molecule has 2 rings (SSSR count). The van der Waals surface area contributed by atoms with E-state index < -0.39 is 0 Å². The minimum absolute atomic E-state index is 0.143. The molecule has 1 aromatic rings. The maximum Gasteiger partial charge on any atom is 0.219 e. The predicted octanol–water partition coefficient (Wildman–Crippen LogP) is 1.57. The molecular weight excluding hydrogens is 268 g/mol. The number of aryl methyl sites for hydroxylation is 1. The van der Waals surface area contributed by atoms with Gasteiger partial charge in [-0.2, -0.15) is 0 Å². The van der Waals surface area contributed by atoms with Crippen molar-refractivity contribution in [1.29, 1.82) is 0 Å². The number of piperidine rings is 1. The molecule has 0 spiro atoms. The Bertz CT molecular complexity index is 493. The molecule has 6 nitrogen and oxygen atoms in total. The lowest BCUT2D eigenvalue weighted by Gasteiger charge is -2.31. The van der Waals surface area contributed by atoms with Gasteiger partial charge in [0, 0.05) is 45.7 Å². The van der Waals surface area contributed by atoms with E-state index in [1.165, 1.54) is 0 Å². The van der Waals surface area contributed by atoms with Crippen LogP contribution in [0.2, 0.25) is 0 Å². The first-order chi connectivity index (χ1) is 10.1. The van der Waals surface area contributed by atoms with Gasteiger partial charge in [-0.3, -0.25) is 4.79 Å². The normalized spacial score (nSPS) is 18.6. The van der Waals surface area contributed by atoms with Crippen molar-refractivity contribution in [3.63, 3.8) is 0 Å². The molecule has 6 heteroatoms. The Kier molecular flexibility index (Phi) is 5.50. The molecule has 1 fully saturated rings. The summed E-state index contributed by atoms with van der Waals surface area (Å²) in [7, 11) is 1.68. The van der Waals surface area contributed by atoms with E-state index in [0.29, 0.717) is 12.5 Å². The van der Waals surface area contributed by atoms with Crippen LogP contribution in [0.5, 0.6) is 0 Å². The molecule has 0 bridgehead atoms. The van der Waals surface area contributed by atoms with Crippen LogP contribution in [0, 0.1) is 6.92 Å². The van der Waals surface area contributed by atoms with Crippen LogP contribution in [0.4, 0.5) is 5.82 Å². The number of anilines is 1. The second kappa shape index (κ2) is 7.36. The van der Waals surface area contributed by atoms with Crippen LogP contribution in [-0.2, 0) is 9.53 Å². The molecule has 0 radical (unpaired) electrons. The van der Waals surface area contributed by atoms with Crippen molar-refractivity contribution in [2.24, 2.45) is 0 Å². The van der Waals surface area contributed by atoms with Gasteiger partial charge in [-0.15, -0.1) is 0 Å². The number of methoxy groups -OCH3 is 1. The average molecular weight is 292 g/mol. The molecule has 1 N–H and O–H groups in total. The number of aromatic nitrogens is 2. The van der Waals surface area contributed by atoms with E-state index in [4.69, 9.17) is 4.74 Å². The summed E-state index contributed by atoms with van der Waals surface area (Å²) < 4.78 is 5.03. The van der Waals surface area contributed by atoms with Crippen LogP contribution in [0.3, 0.4) is 0 Å². The molecule has 0 aromatic carbocycles. The topological polar surface area (TPSA) is 67.3 Å². The van der Waals surface area contributed by atoms with Crippen LogP contribution >= 0.6 is 0 Å². The zero-order chi connectivity index (χ0) is 15.2. The van der Waals surface area contributed by atoms with Crippen molar-refractivity contribution in [2.45, 2.75) is 32.6 Å². The molecule has 1 saturated heterocycles. The number of likely N-dealkylation sites (tertiary alicyclic amines) is 1. The number of carbonyl (C=O) groups is 1. The van der Waals surface area contributed by atoms with Crippen LogP contribution in [0.15, 0.2) is 6.07 Å². The molecule has 0 saturated carbocycles. The molecule has 1 amide bonds. The van der Waals surface area contributed by atoms with Crippen molar-refractivity contribution in [2.75, 3.05) is 38.7 Å². The molecule has 1 atom stereocenters. The summed E-state index contributed by atoms with van der Waals surface area (Å²) in [6.07, 6.45) is 2.09. The van der Waals surface area contributed by atoms with E-state index in [1.807, 2.05) is 17.9 Å². The van der Waals surface area contributed by atoms with Gasteiger partial charge in [0.15, 0.2) is 0 Å². The van der Waals surface area contributed by atoms with E-state index in [1.54, 1.807) is 14.0 Å². The highest BCUT2D eigenvalue weighted by Crippen LogP contribution is 2.26. The number of amides is 1.